The van der Waals surface area contributed by atoms with Crippen molar-refractivity contribution in [1.29, 1.82) is 0 Å². The fraction of sp³-hybridized carbons (Fsp3) is 0.727. The Kier molecular flexibility index (Phi) is 5.30. The van der Waals surface area contributed by atoms with Crippen molar-refractivity contribution in [3.05, 3.63) is 17.5 Å². The molecule has 0 fully saturated rings. The Morgan fingerprint density at radius 2 is 2.17 bits per heavy atom. The Hall–Kier alpha value is -0.920. The third-order valence-corrected chi connectivity index (χ3v) is 4.33. The second kappa shape index (κ2) is 6.31. The van der Waals surface area contributed by atoms with Crippen LogP contribution in [0.3, 0.4) is 0 Å². The Balaban J connectivity index is 2.38. The molecule has 0 unspecified atom stereocenters. The summed E-state index contributed by atoms with van der Waals surface area (Å²) in [5, 5.41) is 7.43. The van der Waals surface area contributed by atoms with Gasteiger partial charge in [0.05, 0.1) is 11.9 Å². The third kappa shape index (κ3) is 4.40. The predicted molar refractivity (Wildman–Crippen MR) is 71.7 cm³/mol. The van der Waals surface area contributed by atoms with Gasteiger partial charge in [0.25, 0.3) is 0 Å². The minimum Gasteiger partial charge on any atom is -0.309 e. The number of rotatable bonds is 7. The number of sulfonamides is 1. The molecule has 0 saturated carbocycles. The van der Waals surface area contributed by atoms with E-state index >= 15 is 0 Å². The van der Waals surface area contributed by atoms with E-state index in [1.807, 2.05) is 31.8 Å². The molecule has 0 saturated heterocycles. The van der Waals surface area contributed by atoms with Gasteiger partial charge in [-0.3, -0.25) is 4.68 Å². The van der Waals surface area contributed by atoms with Crippen LogP contribution in [0.25, 0.3) is 0 Å². The van der Waals surface area contributed by atoms with Gasteiger partial charge in [0.1, 0.15) is 0 Å². The number of hydrogen-bond acceptors (Lipinski definition) is 4. The average Bonchev–Trinajstić information content (AvgIpc) is 2.65. The molecule has 18 heavy (non-hydrogen) atoms. The van der Waals surface area contributed by atoms with Crippen molar-refractivity contribution < 1.29 is 8.42 Å². The molecule has 0 aliphatic carbocycles. The van der Waals surface area contributed by atoms with Crippen molar-refractivity contribution >= 4 is 10.0 Å². The molecule has 2 N–H and O–H groups in total. The Labute approximate surface area is 109 Å². The highest BCUT2D eigenvalue weighted by Crippen LogP contribution is 2.04. The van der Waals surface area contributed by atoms with Gasteiger partial charge in [-0.2, -0.15) is 5.10 Å². The molecule has 1 aromatic heterocycles. The lowest BCUT2D eigenvalue weighted by atomic mass is 10.2. The van der Waals surface area contributed by atoms with Gasteiger partial charge in [0, 0.05) is 37.4 Å². The summed E-state index contributed by atoms with van der Waals surface area (Å²) in [5.74, 6) is 0.113. The van der Waals surface area contributed by atoms with Crippen molar-refractivity contribution in [2.45, 2.75) is 33.4 Å². The lowest BCUT2D eigenvalue weighted by Crippen LogP contribution is -2.39. The summed E-state index contributed by atoms with van der Waals surface area (Å²) in [4.78, 5) is 0. The van der Waals surface area contributed by atoms with Crippen LogP contribution in [0.15, 0.2) is 6.20 Å². The first-order valence-corrected chi connectivity index (χ1v) is 7.69. The van der Waals surface area contributed by atoms with Crippen LogP contribution in [0.1, 0.15) is 25.1 Å². The highest BCUT2D eigenvalue weighted by molar-refractivity contribution is 7.89. The van der Waals surface area contributed by atoms with Gasteiger partial charge in [-0.05, 0) is 20.8 Å². The molecule has 0 amide bonds. The van der Waals surface area contributed by atoms with E-state index in [-0.39, 0.29) is 11.8 Å². The minimum atomic E-state index is -3.11. The lowest BCUT2D eigenvalue weighted by Gasteiger charge is -2.14. The van der Waals surface area contributed by atoms with Gasteiger partial charge in [0.15, 0.2) is 0 Å². The molecule has 0 spiro atoms. The molecular formula is C11H22N4O2S. The maximum absolute atomic E-state index is 11.3. The fourth-order valence-corrected chi connectivity index (χ4v) is 2.14. The molecule has 104 valence electrons. The molecule has 1 heterocycles. The Morgan fingerprint density at radius 1 is 1.50 bits per heavy atom. The normalized spacial score (nSPS) is 13.8. The third-order valence-electron chi connectivity index (χ3n) is 2.97. The topological polar surface area (TPSA) is 76.0 Å². The van der Waals surface area contributed by atoms with E-state index in [9.17, 15) is 8.42 Å². The smallest absolute Gasteiger partial charge is 0.211 e. The van der Waals surface area contributed by atoms with E-state index in [0.717, 1.165) is 11.3 Å². The van der Waals surface area contributed by atoms with Crippen molar-refractivity contribution in [2.75, 3.05) is 12.3 Å². The summed E-state index contributed by atoms with van der Waals surface area (Å²) in [6.07, 6.45) is 1.82. The quantitative estimate of drug-likeness (QED) is 0.742. The van der Waals surface area contributed by atoms with Crippen molar-refractivity contribution in [1.82, 2.24) is 19.8 Å². The number of nitrogens with one attached hydrogen (secondary N) is 2. The first kappa shape index (κ1) is 15.1. The maximum atomic E-state index is 11.3. The van der Waals surface area contributed by atoms with Crippen LogP contribution in [0.5, 0.6) is 0 Å². The van der Waals surface area contributed by atoms with Gasteiger partial charge in [0.2, 0.25) is 10.0 Å². The van der Waals surface area contributed by atoms with E-state index < -0.39 is 10.0 Å². The molecule has 0 aliphatic rings. The maximum Gasteiger partial charge on any atom is 0.211 e. The number of nitrogens with zero attached hydrogens (tertiary/aromatic N) is 2. The minimum absolute atomic E-state index is 0.0749. The van der Waals surface area contributed by atoms with Gasteiger partial charge in [-0.15, -0.1) is 0 Å². The van der Waals surface area contributed by atoms with E-state index in [1.165, 1.54) is 0 Å². The summed E-state index contributed by atoms with van der Waals surface area (Å²) in [7, 11) is -1.21. The van der Waals surface area contributed by atoms with Crippen molar-refractivity contribution in [3.63, 3.8) is 0 Å². The molecule has 1 atom stereocenters. The first-order valence-electron chi connectivity index (χ1n) is 6.04. The van der Waals surface area contributed by atoms with Crippen LogP contribution in [-0.4, -0.2) is 36.5 Å². The highest BCUT2D eigenvalue weighted by atomic mass is 32.2. The molecule has 0 bridgehead atoms. The van der Waals surface area contributed by atoms with Crippen LogP contribution < -0.4 is 10.0 Å². The zero-order chi connectivity index (χ0) is 13.8. The van der Waals surface area contributed by atoms with Crippen LogP contribution >= 0.6 is 0 Å². The molecule has 1 aromatic rings. The van der Waals surface area contributed by atoms with Crippen LogP contribution in [0, 0.1) is 6.92 Å². The van der Waals surface area contributed by atoms with Gasteiger partial charge in [-0.25, -0.2) is 13.1 Å². The molecule has 0 aromatic carbocycles. The van der Waals surface area contributed by atoms with E-state index in [0.29, 0.717) is 13.1 Å². The SMILES string of the molecule is CCS(=O)(=O)NC[C@@H](C)NCc1cnn(C)c1C. The van der Waals surface area contributed by atoms with Gasteiger partial charge in [-0.1, -0.05) is 0 Å². The second-order valence-corrected chi connectivity index (χ2v) is 6.51. The Morgan fingerprint density at radius 3 is 2.67 bits per heavy atom. The molecule has 6 nitrogen and oxygen atoms in total. The fourth-order valence-electron chi connectivity index (χ4n) is 1.43. The molecule has 0 aliphatic heterocycles. The van der Waals surface area contributed by atoms with Crippen molar-refractivity contribution in [3.8, 4) is 0 Å². The molecule has 0 radical (unpaired) electrons. The largest absolute Gasteiger partial charge is 0.309 e. The predicted octanol–water partition coefficient (Wildman–Crippen LogP) is 0.146. The molecule has 1 rings (SSSR count). The number of aryl methyl sites for hydroxylation is 1. The van der Waals surface area contributed by atoms with Gasteiger partial charge < -0.3 is 5.32 Å². The summed E-state index contributed by atoms with van der Waals surface area (Å²) < 4.78 is 26.9. The summed E-state index contributed by atoms with van der Waals surface area (Å²) in [5.41, 5.74) is 2.24. The molecular weight excluding hydrogens is 252 g/mol. The summed E-state index contributed by atoms with van der Waals surface area (Å²) >= 11 is 0. The standard InChI is InChI=1S/C11H22N4O2S/c1-5-18(16,17)14-6-9(2)12-7-11-8-13-15(4)10(11)3/h8-9,12,14H,5-7H2,1-4H3/t9-/m1/s1. The number of aromatic nitrogens is 2. The van der Waals surface area contributed by atoms with E-state index in [4.69, 9.17) is 0 Å². The van der Waals surface area contributed by atoms with Crippen LogP contribution in [-0.2, 0) is 23.6 Å². The number of hydrogen-bond donors (Lipinski definition) is 2. The average molecular weight is 274 g/mol. The zero-order valence-electron chi connectivity index (χ0n) is 11.4. The Bertz CT molecular complexity index is 481. The zero-order valence-corrected chi connectivity index (χ0v) is 12.2. The lowest BCUT2D eigenvalue weighted by molar-refractivity contribution is 0.524. The van der Waals surface area contributed by atoms with Crippen molar-refractivity contribution in [2.24, 2.45) is 7.05 Å². The monoisotopic (exact) mass is 274 g/mol. The second-order valence-electron chi connectivity index (χ2n) is 4.41. The molecule has 7 heteroatoms. The first-order chi connectivity index (χ1) is 8.35. The summed E-state index contributed by atoms with van der Waals surface area (Å²) in [6.45, 7) is 6.67. The van der Waals surface area contributed by atoms with Crippen LogP contribution in [0.2, 0.25) is 0 Å². The van der Waals surface area contributed by atoms with E-state index in [1.54, 1.807) is 6.92 Å². The summed E-state index contributed by atoms with van der Waals surface area (Å²) in [6, 6.07) is 0.0749. The highest BCUT2D eigenvalue weighted by Gasteiger charge is 2.10. The van der Waals surface area contributed by atoms with Gasteiger partial charge >= 0.3 is 0 Å². The van der Waals surface area contributed by atoms with E-state index in [2.05, 4.69) is 15.1 Å². The van der Waals surface area contributed by atoms with Crippen LogP contribution in [0.4, 0.5) is 0 Å².